The van der Waals surface area contributed by atoms with Crippen LogP contribution in [0.2, 0.25) is 0 Å². The zero-order chi connectivity index (χ0) is 13.0. The lowest BCUT2D eigenvalue weighted by Crippen LogP contribution is -2.16. The Hall–Kier alpha value is -2.11. The fraction of sp³-hybridized carbons (Fsp3) is 0.417. The molecule has 2 heterocycles. The summed E-state index contributed by atoms with van der Waals surface area (Å²) in [6.07, 6.45) is 2.88. The monoisotopic (exact) mass is 246 g/mol. The molecule has 6 heteroatoms. The van der Waals surface area contributed by atoms with E-state index in [1.165, 1.54) is 0 Å². The third-order valence-corrected chi connectivity index (χ3v) is 2.40. The van der Waals surface area contributed by atoms with Gasteiger partial charge >= 0.3 is 0 Å². The highest BCUT2D eigenvalue weighted by Gasteiger charge is 2.09. The maximum absolute atomic E-state index is 4.42. The zero-order valence-corrected chi connectivity index (χ0v) is 10.9. The van der Waals surface area contributed by atoms with Crippen LogP contribution in [0.15, 0.2) is 18.3 Å². The van der Waals surface area contributed by atoms with Crippen molar-refractivity contribution in [2.75, 3.05) is 30.9 Å². The van der Waals surface area contributed by atoms with E-state index >= 15 is 0 Å². The molecule has 0 saturated carbocycles. The van der Waals surface area contributed by atoms with E-state index in [4.69, 9.17) is 0 Å². The van der Waals surface area contributed by atoms with E-state index in [0.29, 0.717) is 17.7 Å². The average molecular weight is 246 g/mol. The summed E-state index contributed by atoms with van der Waals surface area (Å²) in [6.45, 7) is 2.95. The van der Waals surface area contributed by atoms with Crippen LogP contribution in [-0.2, 0) is 0 Å². The van der Waals surface area contributed by atoms with E-state index in [9.17, 15) is 0 Å². The van der Waals surface area contributed by atoms with Crippen molar-refractivity contribution in [2.24, 2.45) is 0 Å². The Kier molecular flexibility index (Phi) is 3.76. The minimum absolute atomic E-state index is 0.611. The average Bonchev–Trinajstić information content (AvgIpc) is 2.89. The van der Waals surface area contributed by atoms with E-state index in [2.05, 4.69) is 32.2 Å². The maximum Gasteiger partial charge on any atom is 0.230 e. The Morgan fingerprint density at radius 3 is 2.72 bits per heavy atom. The normalized spacial score (nSPS) is 10.4. The topological polar surface area (TPSA) is 69.7 Å². The smallest absolute Gasteiger partial charge is 0.230 e. The molecule has 0 atom stereocenters. The van der Waals surface area contributed by atoms with Crippen LogP contribution in [0.3, 0.4) is 0 Å². The Balaban J connectivity index is 2.36. The van der Waals surface area contributed by atoms with Gasteiger partial charge in [0.25, 0.3) is 0 Å². The van der Waals surface area contributed by atoms with E-state index < -0.39 is 0 Å². The molecule has 18 heavy (non-hydrogen) atoms. The molecule has 2 rings (SSSR count). The van der Waals surface area contributed by atoms with E-state index in [0.717, 1.165) is 18.7 Å². The molecule has 2 aromatic rings. The van der Waals surface area contributed by atoms with Crippen molar-refractivity contribution in [1.82, 2.24) is 19.9 Å². The van der Waals surface area contributed by atoms with E-state index in [1.807, 2.05) is 37.3 Å². The second kappa shape index (κ2) is 5.48. The first-order valence-corrected chi connectivity index (χ1v) is 6.01. The summed E-state index contributed by atoms with van der Waals surface area (Å²) in [4.78, 5) is 18.1. The van der Waals surface area contributed by atoms with Crippen molar-refractivity contribution < 1.29 is 0 Å². The highest BCUT2D eigenvalue weighted by atomic mass is 15.3. The van der Waals surface area contributed by atoms with Crippen LogP contribution in [0.5, 0.6) is 0 Å². The van der Waals surface area contributed by atoms with Crippen LogP contribution in [0, 0.1) is 0 Å². The lowest BCUT2D eigenvalue weighted by Gasteiger charge is -2.12. The van der Waals surface area contributed by atoms with Gasteiger partial charge in [0.1, 0.15) is 0 Å². The van der Waals surface area contributed by atoms with Crippen LogP contribution in [0.1, 0.15) is 13.3 Å². The van der Waals surface area contributed by atoms with Gasteiger partial charge in [-0.3, -0.25) is 0 Å². The van der Waals surface area contributed by atoms with Crippen LogP contribution in [0.4, 0.5) is 11.9 Å². The van der Waals surface area contributed by atoms with Crippen molar-refractivity contribution in [2.45, 2.75) is 13.3 Å². The molecule has 0 aliphatic carbocycles. The van der Waals surface area contributed by atoms with E-state index in [-0.39, 0.29) is 0 Å². The van der Waals surface area contributed by atoms with Gasteiger partial charge in [0.15, 0.2) is 5.82 Å². The molecule has 0 saturated heterocycles. The highest BCUT2D eigenvalue weighted by Crippen LogP contribution is 2.16. The standard InChI is InChI=1S/C12H18N6/c1-4-7-14-11-15-10(9-6-5-8-13-9)16-12(17-11)18(2)3/h5-6,8,13H,4,7H2,1-3H3,(H,14,15,16,17). The van der Waals surface area contributed by atoms with Gasteiger partial charge in [-0.1, -0.05) is 6.92 Å². The Labute approximate surface area is 106 Å². The van der Waals surface area contributed by atoms with Gasteiger partial charge in [-0.2, -0.15) is 15.0 Å². The Bertz CT molecular complexity index is 491. The van der Waals surface area contributed by atoms with Gasteiger partial charge in [0, 0.05) is 26.8 Å². The molecule has 0 unspecified atom stereocenters. The SMILES string of the molecule is CCCNc1nc(-c2ccc[nH]2)nc(N(C)C)n1. The molecular formula is C12H18N6. The van der Waals surface area contributed by atoms with Crippen molar-refractivity contribution >= 4 is 11.9 Å². The van der Waals surface area contributed by atoms with Crippen LogP contribution < -0.4 is 10.2 Å². The third-order valence-electron chi connectivity index (χ3n) is 2.40. The summed E-state index contributed by atoms with van der Waals surface area (Å²) in [6, 6.07) is 3.87. The number of nitrogens with zero attached hydrogens (tertiary/aromatic N) is 4. The number of aromatic amines is 1. The largest absolute Gasteiger partial charge is 0.359 e. The molecule has 0 fully saturated rings. The summed E-state index contributed by atoms with van der Waals surface area (Å²) in [5.41, 5.74) is 0.889. The predicted octanol–water partition coefficient (Wildman–Crippen LogP) is 1.75. The molecule has 0 amide bonds. The molecule has 96 valence electrons. The van der Waals surface area contributed by atoms with Gasteiger partial charge in [0.2, 0.25) is 11.9 Å². The molecular weight excluding hydrogens is 228 g/mol. The first-order chi connectivity index (χ1) is 8.70. The minimum Gasteiger partial charge on any atom is -0.359 e. The molecule has 0 spiro atoms. The maximum atomic E-state index is 4.42. The van der Waals surface area contributed by atoms with Gasteiger partial charge in [0.05, 0.1) is 5.69 Å². The quantitative estimate of drug-likeness (QED) is 0.841. The second-order valence-electron chi connectivity index (χ2n) is 4.19. The van der Waals surface area contributed by atoms with Crippen LogP contribution in [0.25, 0.3) is 11.5 Å². The first kappa shape index (κ1) is 12.3. The van der Waals surface area contributed by atoms with Crippen LogP contribution >= 0.6 is 0 Å². The predicted molar refractivity (Wildman–Crippen MR) is 72.7 cm³/mol. The molecule has 0 aliphatic heterocycles. The van der Waals surface area contributed by atoms with Crippen molar-refractivity contribution in [3.8, 4) is 11.5 Å². The number of aromatic nitrogens is 4. The number of hydrogen-bond acceptors (Lipinski definition) is 5. The number of rotatable bonds is 5. The third kappa shape index (κ3) is 2.77. The fourth-order valence-corrected chi connectivity index (χ4v) is 1.47. The van der Waals surface area contributed by atoms with Gasteiger partial charge < -0.3 is 15.2 Å². The molecule has 0 bridgehead atoms. The van der Waals surface area contributed by atoms with Gasteiger partial charge in [-0.25, -0.2) is 0 Å². The molecule has 6 nitrogen and oxygen atoms in total. The highest BCUT2D eigenvalue weighted by molar-refractivity contribution is 5.53. The zero-order valence-electron chi connectivity index (χ0n) is 10.9. The lowest BCUT2D eigenvalue weighted by molar-refractivity contribution is 0.918. The summed E-state index contributed by atoms with van der Waals surface area (Å²) < 4.78 is 0. The summed E-state index contributed by atoms with van der Waals surface area (Å²) in [5, 5.41) is 3.19. The molecule has 0 aromatic carbocycles. The Morgan fingerprint density at radius 2 is 2.11 bits per heavy atom. The van der Waals surface area contributed by atoms with Gasteiger partial charge in [-0.05, 0) is 18.6 Å². The first-order valence-electron chi connectivity index (χ1n) is 6.01. The number of H-pyrrole nitrogens is 1. The lowest BCUT2D eigenvalue weighted by atomic mass is 10.4. The Morgan fingerprint density at radius 1 is 1.28 bits per heavy atom. The van der Waals surface area contributed by atoms with E-state index in [1.54, 1.807) is 0 Å². The van der Waals surface area contributed by atoms with Crippen LogP contribution in [-0.4, -0.2) is 40.6 Å². The summed E-state index contributed by atoms with van der Waals surface area (Å²) in [5.74, 6) is 1.91. The van der Waals surface area contributed by atoms with Crippen molar-refractivity contribution in [3.05, 3.63) is 18.3 Å². The minimum atomic E-state index is 0.611. The number of nitrogens with one attached hydrogen (secondary N) is 2. The van der Waals surface area contributed by atoms with Crippen molar-refractivity contribution in [3.63, 3.8) is 0 Å². The molecule has 2 N–H and O–H groups in total. The van der Waals surface area contributed by atoms with Gasteiger partial charge in [-0.15, -0.1) is 0 Å². The number of hydrogen-bond donors (Lipinski definition) is 2. The fourth-order valence-electron chi connectivity index (χ4n) is 1.47. The molecule has 0 aliphatic rings. The van der Waals surface area contributed by atoms with Crippen molar-refractivity contribution in [1.29, 1.82) is 0 Å². The summed E-state index contributed by atoms with van der Waals surface area (Å²) >= 11 is 0. The molecule has 2 aromatic heterocycles. The number of anilines is 2. The second-order valence-corrected chi connectivity index (χ2v) is 4.19. The summed E-state index contributed by atoms with van der Waals surface area (Å²) in [7, 11) is 3.83. The molecule has 0 radical (unpaired) electrons.